The Kier molecular flexibility index (Phi) is 3.59. The number of hydrogen-bond donors (Lipinski definition) is 0. The molecule has 0 radical (unpaired) electrons. The van der Waals surface area contributed by atoms with Crippen molar-refractivity contribution in [3.05, 3.63) is 12.2 Å². The molecule has 0 aromatic carbocycles. The lowest BCUT2D eigenvalue weighted by Crippen LogP contribution is -2.51. The van der Waals surface area contributed by atoms with Crippen molar-refractivity contribution in [2.24, 2.45) is 10.8 Å². The van der Waals surface area contributed by atoms with Gasteiger partial charge in [-0.05, 0) is 24.7 Å². The Hall–Kier alpha value is -0.300. The highest BCUT2D eigenvalue weighted by Crippen LogP contribution is 2.39. The maximum atomic E-state index is 2.67. The van der Waals surface area contributed by atoms with Crippen LogP contribution in [0, 0.1) is 10.8 Å². The third-order valence-electron chi connectivity index (χ3n) is 3.49. The van der Waals surface area contributed by atoms with Crippen molar-refractivity contribution in [3.8, 4) is 0 Å². The van der Waals surface area contributed by atoms with E-state index in [2.05, 4.69) is 72.4 Å². The van der Waals surface area contributed by atoms with Crippen LogP contribution in [0.1, 0.15) is 55.4 Å². The smallest absolute Gasteiger partial charge is 0.0336 e. The first-order valence-electron chi connectivity index (χ1n) is 6.51. The van der Waals surface area contributed by atoms with Crippen LogP contribution in [0.2, 0.25) is 0 Å². The van der Waals surface area contributed by atoms with Crippen LogP contribution in [0.15, 0.2) is 12.2 Å². The van der Waals surface area contributed by atoms with Crippen LogP contribution in [0.5, 0.6) is 0 Å². The molecule has 0 aliphatic carbocycles. The van der Waals surface area contributed by atoms with Crippen molar-refractivity contribution in [1.29, 1.82) is 0 Å². The standard InChI is InChI=1S/C15H29N/c1-11(2)16-12(14(3,4)5)9-10-13(16)15(6,7)8/h9-13H,1-8H3. The molecule has 0 fully saturated rings. The summed E-state index contributed by atoms with van der Waals surface area (Å²) < 4.78 is 0. The van der Waals surface area contributed by atoms with Crippen LogP contribution in [0.25, 0.3) is 0 Å². The Bertz CT molecular complexity index is 238. The molecule has 0 bridgehead atoms. The molecular formula is C15H29N. The SMILES string of the molecule is CC(C)N1C(C(C)(C)C)C=CC1C(C)(C)C. The Labute approximate surface area is 102 Å². The molecule has 1 rings (SSSR count). The first kappa shape index (κ1) is 13.8. The number of nitrogens with zero attached hydrogens (tertiary/aromatic N) is 1. The second-order valence-corrected chi connectivity index (χ2v) is 7.55. The molecule has 1 aliphatic rings. The highest BCUT2D eigenvalue weighted by molar-refractivity contribution is 5.17. The van der Waals surface area contributed by atoms with Gasteiger partial charge in [0, 0.05) is 18.1 Å². The molecule has 0 amide bonds. The molecule has 1 aliphatic heterocycles. The van der Waals surface area contributed by atoms with E-state index < -0.39 is 0 Å². The van der Waals surface area contributed by atoms with Gasteiger partial charge in [-0.2, -0.15) is 0 Å². The van der Waals surface area contributed by atoms with Gasteiger partial charge in [0.2, 0.25) is 0 Å². The third kappa shape index (κ3) is 2.68. The lowest BCUT2D eigenvalue weighted by Gasteiger charge is -2.44. The highest BCUT2D eigenvalue weighted by Gasteiger charge is 2.41. The van der Waals surface area contributed by atoms with Crippen molar-refractivity contribution in [2.75, 3.05) is 0 Å². The summed E-state index contributed by atoms with van der Waals surface area (Å²) in [6.07, 6.45) is 4.83. The van der Waals surface area contributed by atoms with Gasteiger partial charge < -0.3 is 0 Å². The van der Waals surface area contributed by atoms with Crippen molar-refractivity contribution in [3.63, 3.8) is 0 Å². The normalized spacial score (nSPS) is 28.1. The second-order valence-electron chi connectivity index (χ2n) is 7.55. The first-order valence-corrected chi connectivity index (χ1v) is 6.51. The van der Waals surface area contributed by atoms with E-state index in [0.717, 1.165) is 0 Å². The average molecular weight is 223 g/mol. The molecule has 0 saturated carbocycles. The summed E-state index contributed by atoms with van der Waals surface area (Å²) in [4.78, 5) is 2.67. The fourth-order valence-electron chi connectivity index (χ4n) is 2.70. The summed E-state index contributed by atoms with van der Waals surface area (Å²) in [5.41, 5.74) is 0.640. The van der Waals surface area contributed by atoms with Gasteiger partial charge in [0.1, 0.15) is 0 Å². The van der Waals surface area contributed by atoms with E-state index in [0.29, 0.717) is 29.0 Å². The zero-order valence-electron chi connectivity index (χ0n) is 12.3. The maximum Gasteiger partial charge on any atom is 0.0336 e. The third-order valence-corrected chi connectivity index (χ3v) is 3.49. The molecule has 0 saturated heterocycles. The highest BCUT2D eigenvalue weighted by atomic mass is 15.2. The largest absolute Gasteiger partial charge is 0.287 e. The lowest BCUT2D eigenvalue weighted by atomic mass is 9.83. The van der Waals surface area contributed by atoms with Crippen LogP contribution >= 0.6 is 0 Å². The average Bonchev–Trinajstić information content (AvgIpc) is 2.43. The van der Waals surface area contributed by atoms with Crippen LogP contribution < -0.4 is 0 Å². The molecule has 1 heteroatoms. The van der Waals surface area contributed by atoms with Gasteiger partial charge in [0.25, 0.3) is 0 Å². The van der Waals surface area contributed by atoms with Gasteiger partial charge in [0.05, 0.1) is 0 Å². The Morgan fingerprint density at radius 2 is 1.12 bits per heavy atom. The molecule has 0 aromatic rings. The minimum atomic E-state index is 0.320. The Balaban J connectivity index is 2.99. The molecule has 1 nitrogen and oxygen atoms in total. The van der Waals surface area contributed by atoms with Crippen molar-refractivity contribution in [1.82, 2.24) is 4.90 Å². The molecule has 94 valence electrons. The predicted molar refractivity (Wildman–Crippen MR) is 72.6 cm³/mol. The van der Waals surface area contributed by atoms with Gasteiger partial charge in [-0.15, -0.1) is 0 Å². The van der Waals surface area contributed by atoms with E-state index in [1.807, 2.05) is 0 Å². The fourth-order valence-corrected chi connectivity index (χ4v) is 2.70. The summed E-state index contributed by atoms with van der Waals surface area (Å²) in [6.45, 7) is 18.6. The molecular weight excluding hydrogens is 194 g/mol. The lowest BCUT2D eigenvalue weighted by molar-refractivity contribution is 0.0470. The molecule has 0 N–H and O–H groups in total. The molecule has 2 unspecified atom stereocenters. The summed E-state index contributed by atoms with van der Waals surface area (Å²) in [5, 5.41) is 0. The molecule has 0 spiro atoms. The fraction of sp³-hybridized carbons (Fsp3) is 0.867. The zero-order chi connectivity index (χ0) is 12.7. The van der Waals surface area contributed by atoms with Crippen molar-refractivity contribution < 1.29 is 0 Å². The summed E-state index contributed by atoms with van der Waals surface area (Å²) in [5.74, 6) is 0. The number of rotatable bonds is 1. The van der Waals surface area contributed by atoms with Gasteiger partial charge in [-0.1, -0.05) is 53.7 Å². The second kappa shape index (κ2) is 4.18. The van der Waals surface area contributed by atoms with Crippen LogP contribution in [-0.4, -0.2) is 23.0 Å². The summed E-state index contributed by atoms with van der Waals surface area (Å²) in [6, 6.07) is 1.73. The maximum absolute atomic E-state index is 2.67. The predicted octanol–water partition coefficient (Wildman–Crippen LogP) is 4.10. The minimum absolute atomic E-state index is 0.320. The Morgan fingerprint density at radius 1 is 0.812 bits per heavy atom. The molecule has 2 atom stereocenters. The van der Waals surface area contributed by atoms with Crippen LogP contribution in [0.3, 0.4) is 0 Å². The Morgan fingerprint density at radius 3 is 1.31 bits per heavy atom. The number of hydrogen-bond acceptors (Lipinski definition) is 1. The van der Waals surface area contributed by atoms with E-state index in [9.17, 15) is 0 Å². The topological polar surface area (TPSA) is 3.24 Å². The monoisotopic (exact) mass is 223 g/mol. The molecule has 16 heavy (non-hydrogen) atoms. The van der Waals surface area contributed by atoms with E-state index in [1.165, 1.54) is 0 Å². The van der Waals surface area contributed by atoms with Crippen molar-refractivity contribution >= 4 is 0 Å². The quantitative estimate of drug-likeness (QED) is 0.605. The summed E-state index contributed by atoms with van der Waals surface area (Å²) in [7, 11) is 0. The van der Waals surface area contributed by atoms with E-state index in [1.54, 1.807) is 0 Å². The van der Waals surface area contributed by atoms with E-state index in [4.69, 9.17) is 0 Å². The van der Waals surface area contributed by atoms with Gasteiger partial charge in [-0.3, -0.25) is 4.90 Å². The van der Waals surface area contributed by atoms with Crippen molar-refractivity contribution in [2.45, 2.75) is 73.5 Å². The van der Waals surface area contributed by atoms with E-state index in [-0.39, 0.29) is 0 Å². The van der Waals surface area contributed by atoms with Gasteiger partial charge in [-0.25, -0.2) is 0 Å². The minimum Gasteiger partial charge on any atom is -0.287 e. The van der Waals surface area contributed by atoms with Crippen LogP contribution in [0.4, 0.5) is 0 Å². The zero-order valence-corrected chi connectivity index (χ0v) is 12.3. The summed E-state index contributed by atoms with van der Waals surface area (Å²) >= 11 is 0. The van der Waals surface area contributed by atoms with Gasteiger partial charge >= 0.3 is 0 Å². The molecule has 1 heterocycles. The first-order chi connectivity index (χ1) is 7.05. The molecule has 0 aromatic heterocycles. The van der Waals surface area contributed by atoms with E-state index >= 15 is 0 Å². The van der Waals surface area contributed by atoms with Crippen LogP contribution in [-0.2, 0) is 0 Å². The van der Waals surface area contributed by atoms with Gasteiger partial charge in [0.15, 0.2) is 0 Å².